The van der Waals surface area contributed by atoms with E-state index in [4.69, 9.17) is 10.6 Å². The normalized spacial score (nSPS) is 11.5. The molecule has 20 heavy (non-hydrogen) atoms. The number of nitrogen functional groups attached to an aromatic ring is 1. The topological polar surface area (TPSA) is 96.5 Å². The van der Waals surface area contributed by atoms with Crippen LogP contribution in [0.2, 0.25) is 0 Å². The summed E-state index contributed by atoms with van der Waals surface area (Å²) in [5, 5.41) is 9.97. The quantitative estimate of drug-likeness (QED) is 0.481. The fourth-order valence-corrected chi connectivity index (χ4v) is 1.80. The van der Waals surface area contributed by atoms with E-state index >= 15 is 0 Å². The Kier molecular flexibility index (Phi) is 6.12. The van der Waals surface area contributed by atoms with Crippen LogP contribution in [0.4, 0.5) is 11.6 Å². The van der Waals surface area contributed by atoms with Crippen molar-refractivity contribution in [3.63, 3.8) is 0 Å². The van der Waals surface area contributed by atoms with E-state index in [1.165, 1.54) is 0 Å². The lowest BCUT2D eigenvalue weighted by atomic mass is 10.1. The van der Waals surface area contributed by atoms with Crippen molar-refractivity contribution in [3.05, 3.63) is 11.9 Å². The first-order chi connectivity index (χ1) is 9.39. The Morgan fingerprint density at radius 1 is 1.40 bits per heavy atom. The Morgan fingerprint density at radius 3 is 2.60 bits per heavy atom. The highest BCUT2D eigenvalue weighted by atomic mass is 16.5. The van der Waals surface area contributed by atoms with Crippen LogP contribution in [0, 0.1) is 0 Å². The summed E-state index contributed by atoms with van der Waals surface area (Å²) in [7, 11) is 0. The maximum Gasteiger partial charge on any atom is 0.158 e. The minimum Gasteiger partial charge on any atom is -0.389 e. The maximum atomic E-state index is 9.97. The molecule has 0 aliphatic carbocycles. The molecule has 0 fully saturated rings. The van der Waals surface area contributed by atoms with E-state index in [9.17, 15) is 5.11 Å². The first-order valence-corrected chi connectivity index (χ1v) is 6.79. The number of nitrogens with zero attached hydrogens (tertiary/aromatic N) is 3. The van der Waals surface area contributed by atoms with Crippen molar-refractivity contribution in [3.8, 4) is 0 Å². The van der Waals surface area contributed by atoms with Gasteiger partial charge in [-0.05, 0) is 27.7 Å². The molecule has 1 aromatic rings. The number of aliphatic hydroxyl groups is 1. The number of ether oxygens (including phenoxy) is 1. The SMILES string of the molecule is CCOCc1nc(NN)cc(N(CC)CC(C)(C)O)n1. The van der Waals surface area contributed by atoms with Gasteiger partial charge in [-0.2, -0.15) is 0 Å². The van der Waals surface area contributed by atoms with E-state index < -0.39 is 5.60 Å². The van der Waals surface area contributed by atoms with Crippen molar-refractivity contribution < 1.29 is 9.84 Å². The van der Waals surface area contributed by atoms with E-state index in [2.05, 4.69) is 15.4 Å². The van der Waals surface area contributed by atoms with Crippen LogP contribution in [-0.4, -0.2) is 40.4 Å². The molecule has 0 saturated carbocycles. The minimum atomic E-state index is -0.808. The lowest BCUT2D eigenvalue weighted by molar-refractivity contribution is 0.0873. The lowest BCUT2D eigenvalue weighted by Gasteiger charge is -2.29. The van der Waals surface area contributed by atoms with E-state index in [1.54, 1.807) is 19.9 Å². The maximum absolute atomic E-state index is 9.97. The molecule has 1 aromatic heterocycles. The Hall–Kier alpha value is -1.44. The van der Waals surface area contributed by atoms with Gasteiger partial charge in [0, 0.05) is 25.8 Å². The molecule has 0 aliphatic heterocycles. The average molecular weight is 283 g/mol. The molecular formula is C13H25N5O2. The highest BCUT2D eigenvalue weighted by Gasteiger charge is 2.19. The molecule has 0 unspecified atom stereocenters. The van der Waals surface area contributed by atoms with Gasteiger partial charge in [0.1, 0.15) is 18.2 Å². The van der Waals surface area contributed by atoms with Gasteiger partial charge in [-0.1, -0.05) is 0 Å². The summed E-state index contributed by atoms with van der Waals surface area (Å²) in [5.41, 5.74) is 1.72. The van der Waals surface area contributed by atoms with Gasteiger partial charge < -0.3 is 20.2 Å². The number of hydrogen-bond donors (Lipinski definition) is 3. The van der Waals surface area contributed by atoms with Gasteiger partial charge in [-0.25, -0.2) is 15.8 Å². The second kappa shape index (κ2) is 7.37. The molecule has 0 radical (unpaired) electrons. The van der Waals surface area contributed by atoms with Crippen molar-refractivity contribution in [2.24, 2.45) is 5.84 Å². The minimum absolute atomic E-state index is 0.332. The van der Waals surface area contributed by atoms with E-state index in [0.717, 1.165) is 6.54 Å². The number of hydrogen-bond acceptors (Lipinski definition) is 7. The van der Waals surface area contributed by atoms with Crippen LogP contribution in [0.5, 0.6) is 0 Å². The van der Waals surface area contributed by atoms with Gasteiger partial charge in [0.05, 0.1) is 5.60 Å². The van der Waals surface area contributed by atoms with Crippen LogP contribution in [0.15, 0.2) is 6.07 Å². The van der Waals surface area contributed by atoms with E-state index in [1.807, 2.05) is 18.7 Å². The second-order valence-electron chi connectivity index (χ2n) is 5.14. The first kappa shape index (κ1) is 16.6. The van der Waals surface area contributed by atoms with Gasteiger partial charge in [0.15, 0.2) is 5.82 Å². The van der Waals surface area contributed by atoms with Gasteiger partial charge in [0.25, 0.3) is 0 Å². The first-order valence-electron chi connectivity index (χ1n) is 6.79. The van der Waals surface area contributed by atoms with Crippen LogP contribution >= 0.6 is 0 Å². The molecule has 0 aliphatic rings. The van der Waals surface area contributed by atoms with E-state index in [-0.39, 0.29) is 0 Å². The Labute approximate surface area is 120 Å². The number of hydrazine groups is 1. The van der Waals surface area contributed by atoms with Crippen molar-refractivity contribution in [1.82, 2.24) is 9.97 Å². The van der Waals surface area contributed by atoms with E-state index in [0.29, 0.717) is 37.2 Å². The smallest absolute Gasteiger partial charge is 0.158 e. The van der Waals surface area contributed by atoms with Crippen molar-refractivity contribution in [2.45, 2.75) is 39.9 Å². The predicted octanol–water partition coefficient (Wildman–Crippen LogP) is 0.896. The largest absolute Gasteiger partial charge is 0.389 e. The Bertz CT molecular complexity index is 420. The molecule has 0 amide bonds. The van der Waals surface area contributed by atoms with Gasteiger partial charge in [-0.3, -0.25) is 0 Å². The zero-order valence-electron chi connectivity index (χ0n) is 12.7. The van der Waals surface area contributed by atoms with Crippen molar-refractivity contribution in [2.75, 3.05) is 30.0 Å². The van der Waals surface area contributed by atoms with Gasteiger partial charge in [0.2, 0.25) is 0 Å². The van der Waals surface area contributed by atoms with Gasteiger partial charge in [-0.15, -0.1) is 0 Å². The number of nitrogens with two attached hydrogens (primary N) is 1. The number of anilines is 2. The fourth-order valence-electron chi connectivity index (χ4n) is 1.80. The summed E-state index contributed by atoms with van der Waals surface area (Å²) < 4.78 is 5.33. The van der Waals surface area contributed by atoms with Crippen LogP contribution < -0.4 is 16.2 Å². The Balaban J connectivity index is 3.01. The third-order valence-electron chi connectivity index (χ3n) is 2.63. The van der Waals surface area contributed by atoms with Crippen LogP contribution in [0.3, 0.4) is 0 Å². The molecule has 4 N–H and O–H groups in total. The Morgan fingerprint density at radius 2 is 2.10 bits per heavy atom. The molecule has 1 rings (SSSR count). The highest BCUT2D eigenvalue weighted by molar-refractivity contribution is 5.49. The fraction of sp³-hybridized carbons (Fsp3) is 0.692. The summed E-state index contributed by atoms with van der Waals surface area (Å²) in [6, 6.07) is 1.75. The molecule has 0 saturated heterocycles. The molecule has 114 valence electrons. The molecule has 7 heteroatoms. The number of likely N-dealkylation sites (N-methyl/N-ethyl adjacent to an activating group) is 1. The molecule has 7 nitrogen and oxygen atoms in total. The predicted molar refractivity (Wildman–Crippen MR) is 79.4 cm³/mol. The molecule has 0 spiro atoms. The highest BCUT2D eigenvalue weighted by Crippen LogP contribution is 2.18. The molecule has 0 bridgehead atoms. The second-order valence-corrected chi connectivity index (χ2v) is 5.14. The zero-order valence-corrected chi connectivity index (χ0v) is 12.7. The summed E-state index contributed by atoms with van der Waals surface area (Å²) in [6.07, 6.45) is 0. The molecule has 0 atom stereocenters. The summed E-state index contributed by atoms with van der Waals surface area (Å²) in [6.45, 7) is 9.57. The molecule has 0 aromatic carbocycles. The number of nitrogens with one attached hydrogen (secondary N) is 1. The number of rotatable bonds is 8. The van der Waals surface area contributed by atoms with Crippen molar-refractivity contribution in [1.29, 1.82) is 0 Å². The van der Waals surface area contributed by atoms with Crippen LogP contribution in [-0.2, 0) is 11.3 Å². The summed E-state index contributed by atoms with van der Waals surface area (Å²) in [4.78, 5) is 10.7. The molecule has 1 heterocycles. The van der Waals surface area contributed by atoms with Crippen LogP contribution in [0.25, 0.3) is 0 Å². The van der Waals surface area contributed by atoms with Gasteiger partial charge >= 0.3 is 0 Å². The van der Waals surface area contributed by atoms with Crippen LogP contribution in [0.1, 0.15) is 33.5 Å². The monoisotopic (exact) mass is 283 g/mol. The average Bonchev–Trinajstić information content (AvgIpc) is 2.41. The zero-order chi connectivity index (χ0) is 15.2. The lowest BCUT2D eigenvalue weighted by Crippen LogP contribution is -2.39. The molecular weight excluding hydrogens is 258 g/mol. The third-order valence-corrected chi connectivity index (χ3v) is 2.63. The summed E-state index contributed by atoms with van der Waals surface area (Å²) >= 11 is 0. The summed E-state index contributed by atoms with van der Waals surface area (Å²) in [5.74, 6) is 7.24. The standard InChI is InChI=1S/C13H25N5O2/c1-5-18(9-13(3,4)19)12-7-10(17-14)15-11(16-12)8-20-6-2/h7,19H,5-6,8-9,14H2,1-4H3,(H,15,16,17). The third kappa shape index (κ3) is 5.28. The van der Waals surface area contributed by atoms with Crippen molar-refractivity contribution >= 4 is 11.6 Å². The number of aromatic nitrogens is 2.